The highest BCUT2D eigenvalue weighted by Gasteiger charge is 2.22. The van der Waals surface area contributed by atoms with Crippen LogP contribution in [0.15, 0.2) is 12.1 Å². The predicted octanol–water partition coefficient (Wildman–Crippen LogP) is 1.97. The van der Waals surface area contributed by atoms with Crippen LogP contribution in [0.1, 0.15) is 11.1 Å². The van der Waals surface area contributed by atoms with Gasteiger partial charge >= 0.3 is 0 Å². The number of aliphatic hydroxyl groups is 1. The topological polar surface area (TPSA) is 20.2 Å². The van der Waals surface area contributed by atoms with Gasteiger partial charge in [-0.2, -0.15) is 0 Å². The first-order valence-corrected chi connectivity index (χ1v) is 3.67. The van der Waals surface area contributed by atoms with E-state index in [1.165, 1.54) is 0 Å². The van der Waals surface area contributed by atoms with Crippen molar-refractivity contribution in [2.24, 2.45) is 0 Å². The van der Waals surface area contributed by atoms with Crippen LogP contribution in [-0.2, 0) is 12.8 Å². The van der Waals surface area contributed by atoms with Crippen LogP contribution >= 0.6 is 0 Å². The van der Waals surface area contributed by atoms with Crippen molar-refractivity contribution in [1.82, 2.24) is 0 Å². The van der Waals surface area contributed by atoms with Gasteiger partial charge in [0.15, 0.2) is 11.6 Å². The molecule has 0 bridgehead atoms. The SMILES string of the molecule is O[C]1Cc2cc(F)c(F)cc2C1. The summed E-state index contributed by atoms with van der Waals surface area (Å²) in [6, 6.07) is 2.29. The molecule has 0 spiro atoms. The second kappa shape index (κ2) is 2.52. The zero-order valence-electron chi connectivity index (χ0n) is 6.27. The Morgan fingerprint density at radius 3 is 1.83 bits per heavy atom. The number of hydrogen-bond acceptors (Lipinski definition) is 1. The second-order valence-corrected chi connectivity index (χ2v) is 2.95. The summed E-state index contributed by atoms with van der Waals surface area (Å²) in [6.07, 6.45) is 0.981. The van der Waals surface area contributed by atoms with Gasteiger partial charge in [0.2, 0.25) is 0 Å². The number of benzene rings is 1. The lowest BCUT2D eigenvalue weighted by molar-refractivity contribution is 0.300. The molecule has 1 aliphatic rings. The van der Waals surface area contributed by atoms with Gasteiger partial charge in [0.05, 0.1) is 0 Å². The molecule has 1 nitrogen and oxygen atoms in total. The van der Waals surface area contributed by atoms with Crippen LogP contribution in [0.3, 0.4) is 0 Å². The van der Waals surface area contributed by atoms with E-state index in [9.17, 15) is 8.78 Å². The van der Waals surface area contributed by atoms with Crippen LogP contribution in [-0.4, -0.2) is 5.11 Å². The summed E-state index contributed by atoms with van der Waals surface area (Å²) in [7, 11) is 0. The lowest BCUT2D eigenvalue weighted by atomic mass is 10.1. The number of aliphatic hydroxyl groups excluding tert-OH is 1. The van der Waals surface area contributed by atoms with Crippen molar-refractivity contribution in [1.29, 1.82) is 0 Å². The summed E-state index contributed by atoms with van der Waals surface area (Å²) >= 11 is 0. The van der Waals surface area contributed by atoms with Crippen molar-refractivity contribution in [3.8, 4) is 0 Å². The zero-order chi connectivity index (χ0) is 8.72. The molecular formula is C9H7F2O. The molecule has 1 aromatic carbocycles. The van der Waals surface area contributed by atoms with Gasteiger partial charge < -0.3 is 5.11 Å². The maximum Gasteiger partial charge on any atom is 0.159 e. The molecule has 0 amide bonds. The Labute approximate surface area is 68.6 Å². The molecule has 1 aromatic rings. The van der Waals surface area contributed by atoms with E-state index in [1.54, 1.807) is 0 Å². The third-order valence-electron chi connectivity index (χ3n) is 2.03. The number of rotatable bonds is 0. The van der Waals surface area contributed by atoms with E-state index in [2.05, 4.69) is 0 Å². The molecule has 3 heteroatoms. The van der Waals surface area contributed by atoms with Crippen molar-refractivity contribution in [3.63, 3.8) is 0 Å². The van der Waals surface area contributed by atoms with E-state index < -0.39 is 11.6 Å². The first-order chi connectivity index (χ1) is 5.66. The van der Waals surface area contributed by atoms with E-state index in [0.717, 1.165) is 12.1 Å². The molecule has 0 aliphatic heterocycles. The van der Waals surface area contributed by atoms with Gasteiger partial charge in [-0.15, -0.1) is 0 Å². The van der Waals surface area contributed by atoms with Crippen molar-refractivity contribution >= 4 is 0 Å². The predicted molar refractivity (Wildman–Crippen MR) is 38.9 cm³/mol. The molecule has 0 heterocycles. The van der Waals surface area contributed by atoms with E-state index in [0.29, 0.717) is 24.0 Å². The first kappa shape index (κ1) is 7.68. The van der Waals surface area contributed by atoms with Crippen molar-refractivity contribution in [2.45, 2.75) is 12.8 Å². The third kappa shape index (κ3) is 1.10. The average Bonchev–Trinajstić information content (AvgIpc) is 2.30. The molecule has 0 atom stereocenters. The Balaban J connectivity index is 2.48. The van der Waals surface area contributed by atoms with Crippen LogP contribution in [0.2, 0.25) is 0 Å². The summed E-state index contributed by atoms with van der Waals surface area (Å²) in [5.41, 5.74) is 1.37. The Morgan fingerprint density at radius 1 is 1.00 bits per heavy atom. The summed E-state index contributed by atoms with van der Waals surface area (Å²) in [5.74, 6) is -1.69. The smallest absolute Gasteiger partial charge is 0.159 e. The lowest BCUT2D eigenvalue weighted by Crippen LogP contribution is -1.91. The standard InChI is InChI=1S/C9H7F2O/c10-8-3-5-1-7(12)2-6(5)4-9(8)11/h3-4,12H,1-2H2. The summed E-state index contributed by atoms with van der Waals surface area (Å²) in [4.78, 5) is 0. The molecule has 0 saturated heterocycles. The van der Waals surface area contributed by atoms with Crippen LogP contribution in [0.4, 0.5) is 8.78 Å². The minimum absolute atomic E-state index is 0.273. The lowest BCUT2D eigenvalue weighted by Gasteiger charge is -1.98. The van der Waals surface area contributed by atoms with Gasteiger partial charge in [0, 0.05) is 12.8 Å². The Kier molecular flexibility index (Phi) is 1.61. The zero-order valence-corrected chi connectivity index (χ0v) is 6.27. The highest BCUT2D eigenvalue weighted by Crippen LogP contribution is 2.27. The van der Waals surface area contributed by atoms with Crippen LogP contribution in [0, 0.1) is 17.7 Å². The van der Waals surface area contributed by atoms with Crippen LogP contribution in [0.25, 0.3) is 0 Å². The van der Waals surface area contributed by atoms with Crippen LogP contribution in [0.5, 0.6) is 0 Å². The van der Waals surface area contributed by atoms with Gasteiger partial charge in [-0.3, -0.25) is 0 Å². The van der Waals surface area contributed by atoms with Crippen molar-refractivity contribution in [3.05, 3.63) is 41.0 Å². The quantitative estimate of drug-likeness (QED) is 0.629. The Bertz CT molecular complexity index is 292. The molecule has 12 heavy (non-hydrogen) atoms. The minimum Gasteiger partial charge on any atom is -0.386 e. The molecular weight excluding hydrogens is 162 g/mol. The molecule has 0 saturated carbocycles. The monoisotopic (exact) mass is 169 g/mol. The van der Waals surface area contributed by atoms with Gasteiger partial charge in [-0.05, 0) is 23.3 Å². The molecule has 1 N–H and O–H groups in total. The third-order valence-corrected chi connectivity index (χ3v) is 2.03. The van der Waals surface area contributed by atoms with E-state index in [1.807, 2.05) is 0 Å². The normalized spacial score (nSPS) is 16.6. The van der Waals surface area contributed by atoms with Gasteiger partial charge in [0.25, 0.3) is 0 Å². The number of fused-ring (bicyclic) bond motifs is 1. The largest absolute Gasteiger partial charge is 0.386 e. The second-order valence-electron chi connectivity index (χ2n) is 2.95. The summed E-state index contributed by atoms with van der Waals surface area (Å²) in [5, 5.41) is 9.10. The highest BCUT2D eigenvalue weighted by atomic mass is 19.2. The van der Waals surface area contributed by atoms with Gasteiger partial charge in [-0.25, -0.2) is 8.78 Å². The van der Waals surface area contributed by atoms with Crippen LogP contribution < -0.4 is 0 Å². The maximum atomic E-state index is 12.6. The molecule has 1 aliphatic carbocycles. The highest BCUT2D eigenvalue weighted by molar-refractivity contribution is 5.37. The fourth-order valence-electron chi connectivity index (χ4n) is 1.46. The minimum atomic E-state index is -0.844. The van der Waals surface area contributed by atoms with E-state index >= 15 is 0 Å². The van der Waals surface area contributed by atoms with Crippen molar-refractivity contribution in [2.75, 3.05) is 0 Å². The molecule has 0 unspecified atom stereocenters. The molecule has 1 radical (unpaired) electrons. The Hall–Kier alpha value is -0.960. The van der Waals surface area contributed by atoms with E-state index in [-0.39, 0.29) is 6.10 Å². The maximum absolute atomic E-state index is 12.6. The molecule has 2 rings (SSSR count). The fraction of sp³-hybridized carbons (Fsp3) is 0.222. The van der Waals surface area contributed by atoms with Gasteiger partial charge in [0.1, 0.15) is 6.10 Å². The number of halogens is 2. The summed E-state index contributed by atoms with van der Waals surface area (Å²) in [6.45, 7) is 0. The van der Waals surface area contributed by atoms with Crippen molar-refractivity contribution < 1.29 is 13.9 Å². The molecule has 0 fully saturated rings. The van der Waals surface area contributed by atoms with E-state index in [4.69, 9.17) is 5.11 Å². The Morgan fingerprint density at radius 2 is 1.42 bits per heavy atom. The average molecular weight is 169 g/mol. The summed E-state index contributed by atoms with van der Waals surface area (Å²) < 4.78 is 25.3. The fourth-order valence-corrected chi connectivity index (χ4v) is 1.46. The molecule has 0 aromatic heterocycles. The van der Waals surface area contributed by atoms with Gasteiger partial charge in [-0.1, -0.05) is 0 Å². The molecule has 63 valence electrons. The number of hydrogen-bond donors (Lipinski definition) is 1. The first-order valence-electron chi connectivity index (χ1n) is 3.67.